The third-order valence-electron chi connectivity index (χ3n) is 4.42. The first-order valence-corrected chi connectivity index (χ1v) is 9.95. The van der Waals surface area contributed by atoms with Gasteiger partial charge in [-0.2, -0.15) is 0 Å². The van der Waals surface area contributed by atoms with Crippen molar-refractivity contribution in [2.45, 2.75) is 31.8 Å². The molecule has 0 unspecified atom stereocenters. The van der Waals surface area contributed by atoms with Crippen molar-refractivity contribution in [2.24, 2.45) is 11.5 Å². The van der Waals surface area contributed by atoms with E-state index in [-0.39, 0.29) is 11.0 Å². The molecule has 33 heavy (non-hydrogen) atoms. The Balaban J connectivity index is 0.000000739. The SMILES string of the molecule is NCCCC[C@H](N)C(=O)O.O.O.O=C(O)COc1nn(Cc2ccccc2)c2ccccc12. The predicted molar refractivity (Wildman–Crippen MR) is 124 cm³/mol. The number of para-hydroxylation sites is 1. The van der Waals surface area contributed by atoms with E-state index in [1.807, 2.05) is 59.3 Å². The molecule has 0 saturated carbocycles. The zero-order chi connectivity index (χ0) is 22.6. The van der Waals surface area contributed by atoms with Gasteiger partial charge in [-0.25, -0.2) is 4.79 Å². The molecule has 0 radical (unpaired) electrons. The molecule has 0 spiro atoms. The van der Waals surface area contributed by atoms with Gasteiger partial charge in [0.2, 0.25) is 5.88 Å². The number of carbonyl (C=O) groups is 2. The quantitative estimate of drug-likeness (QED) is 0.307. The number of hydrogen-bond donors (Lipinski definition) is 4. The van der Waals surface area contributed by atoms with Gasteiger partial charge in [-0.1, -0.05) is 48.9 Å². The highest BCUT2D eigenvalue weighted by molar-refractivity contribution is 5.85. The maximum Gasteiger partial charge on any atom is 0.341 e. The Morgan fingerprint density at radius 3 is 2.24 bits per heavy atom. The first-order chi connectivity index (χ1) is 14.9. The van der Waals surface area contributed by atoms with Crippen LogP contribution in [0.5, 0.6) is 5.88 Å². The largest absolute Gasteiger partial charge is 0.480 e. The molecule has 0 aliphatic rings. The Morgan fingerprint density at radius 1 is 1.00 bits per heavy atom. The number of benzene rings is 2. The first-order valence-electron chi connectivity index (χ1n) is 9.95. The van der Waals surface area contributed by atoms with Gasteiger partial charge in [0.15, 0.2) is 6.61 Å². The molecule has 0 amide bonds. The standard InChI is InChI=1S/C16H14N2O3.C6H14N2O2.2H2O/c19-15(20)11-21-16-13-8-4-5-9-14(13)18(17-16)10-12-6-2-1-3-7-12;7-4-2-1-3-5(8)6(9)10;;/h1-9H,10-11H2,(H,19,20);5H,1-4,7-8H2,(H,9,10);2*1H2/t;5-;;/m.0../s1. The Hall–Kier alpha value is -3.51. The topological polar surface area (TPSA) is 217 Å². The number of nitrogens with zero attached hydrogens (tertiary/aromatic N) is 2. The summed E-state index contributed by atoms with van der Waals surface area (Å²) in [6.07, 6.45) is 2.16. The lowest BCUT2D eigenvalue weighted by Gasteiger charge is -2.03. The molecule has 1 heterocycles. The number of ether oxygens (including phenoxy) is 1. The van der Waals surface area contributed by atoms with Gasteiger partial charge in [0, 0.05) is 0 Å². The van der Waals surface area contributed by atoms with Gasteiger partial charge in [-0.05, 0) is 37.1 Å². The van der Waals surface area contributed by atoms with E-state index in [1.54, 1.807) is 0 Å². The van der Waals surface area contributed by atoms with Crippen LogP contribution >= 0.6 is 0 Å². The van der Waals surface area contributed by atoms with Gasteiger partial charge in [0.05, 0.1) is 17.4 Å². The van der Waals surface area contributed by atoms with Crippen molar-refractivity contribution in [1.82, 2.24) is 9.78 Å². The van der Waals surface area contributed by atoms with Gasteiger partial charge in [0.1, 0.15) is 6.04 Å². The summed E-state index contributed by atoms with van der Waals surface area (Å²) in [6, 6.07) is 16.9. The smallest absolute Gasteiger partial charge is 0.341 e. The molecule has 0 bridgehead atoms. The molecule has 1 aromatic heterocycles. The number of aliphatic carboxylic acids is 2. The molecule has 0 aliphatic carbocycles. The van der Waals surface area contributed by atoms with Crippen molar-refractivity contribution in [3.05, 3.63) is 60.2 Å². The van der Waals surface area contributed by atoms with E-state index in [1.165, 1.54) is 0 Å². The van der Waals surface area contributed by atoms with Gasteiger partial charge in [-0.15, -0.1) is 5.10 Å². The van der Waals surface area contributed by atoms with Crippen LogP contribution in [0.25, 0.3) is 10.9 Å². The Labute approximate surface area is 191 Å². The summed E-state index contributed by atoms with van der Waals surface area (Å²) in [6.45, 7) is 0.816. The highest BCUT2D eigenvalue weighted by atomic mass is 16.5. The van der Waals surface area contributed by atoms with Crippen LogP contribution in [-0.2, 0) is 16.1 Å². The molecule has 0 fully saturated rings. The van der Waals surface area contributed by atoms with Crippen LogP contribution in [0.15, 0.2) is 54.6 Å². The van der Waals surface area contributed by atoms with Crippen molar-refractivity contribution in [3.63, 3.8) is 0 Å². The molecule has 2 aromatic carbocycles. The lowest BCUT2D eigenvalue weighted by molar-refractivity contribution is -0.140. The number of carboxylic acids is 2. The molecule has 3 rings (SSSR count). The molecule has 182 valence electrons. The van der Waals surface area contributed by atoms with Crippen LogP contribution in [0.2, 0.25) is 0 Å². The molecular formula is C22H32N4O7. The van der Waals surface area contributed by atoms with E-state index in [2.05, 4.69) is 5.10 Å². The fourth-order valence-electron chi connectivity index (χ4n) is 2.84. The minimum atomic E-state index is -1.02. The van der Waals surface area contributed by atoms with E-state index in [0.717, 1.165) is 29.3 Å². The fourth-order valence-corrected chi connectivity index (χ4v) is 2.84. The van der Waals surface area contributed by atoms with E-state index >= 15 is 0 Å². The highest BCUT2D eigenvalue weighted by Crippen LogP contribution is 2.25. The number of fused-ring (bicyclic) bond motifs is 1. The van der Waals surface area contributed by atoms with Gasteiger partial charge < -0.3 is 37.4 Å². The summed E-state index contributed by atoms with van der Waals surface area (Å²) in [5.41, 5.74) is 12.5. The Morgan fingerprint density at radius 2 is 1.64 bits per heavy atom. The van der Waals surface area contributed by atoms with Gasteiger partial charge in [0.25, 0.3) is 0 Å². The third-order valence-corrected chi connectivity index (χ3v) is 4.42. The van der Waals surface area contributed by atoms with E-state index in [9.17, 15) is 9.59 Å². The van der Waals surface area contributed by atoms with Crippen LogP contribution in [0, 0.1) is 0 Å². The third kappa shape index (κ3) is 9.66. The number of aromatic nitrogens is 2. The normalized spacial score (nSPS) is 10.7. The zero-order valence-corrected chi connectivity index (χ0v) is 18.2. The summed E-state index contributed by atoms with van der Waals surface area (Å²) in [5.74, 6) is -1.60. The zero-order valence-electron chi connectivity index (χ0n) is 18.2. The summed E-state index contributed by atoms with van der Waals surface area (Å²) in [5, 5.41) is 22.3. The second kappa shape index (κ2) is 15.3. The average Bonchev–Trinajstić information content (AvgIpc) is 3.11. The predicted octanol–water partition coefficient (Wildman–Crippen LogP) is 0.426. The van der Waals surface area contributed by atoms with Crippen LogP contribution in [0.4, 0.5) is 0 Å². The summed E-state index contributed by atoms with van der Waals surface area (Å²) in [7, 11) is 0. The van der Waals surface area contributed by atoms with Crippen molar-refractivity contribution >= 4 is 22.8 Å². The summed E-state index contributed by atoms with van der Waals surface area (Å²) < 4.78 is 7.09. The minimum absolute atomic E-state index is 0. The Bertz CT molecular complexity index is 979. The van der Waals surface area contributed by atoms with Gasteiger partial charge in [-0.3, -0.25) is 9.48 Å². The van der Waals surface area contributed by atoms with Crippen molar-refractivity contribution < 1.29 is 35.5 Å². The van der Waals surface area contributed by atoms with Gasteiger partial charge >= 0.3 is 11.9 Å². The van der Waals surface area contributed by atoms with Crippen molar-refractivity contribution in [2.75, 3.05) is 13.2 Å². The number of nitrogens with two attached hydrogens (primary N) is 2. The molecule has 1 atom stereocenters. The molecule has 3 aromatic rings. The summed E-state index contributed by atoms with van der Waals surface area (Å²) >= 11 is 0. The highest BCUT2D eigenvalue weighted by Gasteiger charge is 2.12. The molecule has 0 saturated heterocycles. The number of unbranched alkanes of at least 4 members (excludes halogenated alkanes) is 1. The molecule has 10 N–H and O–H groups in total. The van der Waals surface area contributed by atoms with Crippen LogP contribution in [0.3, 0.4) is 0 Å². The second-order valence-electron chi connectivity index (χ2n) is 6.88. The number of hydrogen-bond acceptors (Lipinski definition) is 6. The second-order valence-corrected chi connectivity index (χ2v) is 6.88. The lowest BCUT2D eigenvalue weighted by Crippen LogP contribution is -2.29. The monoisotopic (exact) mass is 464 g/mol. The van der Waals surface area contributed by atoms with Crippen LogP contribution < -0.4 is 16.2 Å². The summed E-state index contributed by atoms with van der Waals surface area (Å²) in [4.78, 5) is 20.8. The maximum atomic E-state index is 10.6. The lowest BCUT2D eigenvalue weighted by atomic mass is 10.1. The molecule has 11 heteroatoms. The maximum absolute atomic E-state index is 10.6. The molecule has 0 aliphatic heterocycles. The Kier molecular flexibility index (Phi) is 13.7. The van der Waals surface area contributed by atoms with Crippen LogP contribution in [-0.4, -0.2) is 62.1 Å². The number of carboxylic acid groups (broad SMARTS) is 2. The van der Waals surface area contributed by atoms with Crippen molar-refractivity contribution in [1.29, 1.82) is 0 Å². The van der Waals surface area contributed by atoms with Crippen LogP contribution in [0.1, 0.15) is 24.8 Å². The van der Waals surface area contributed by atoms with E-state index in [4.69, 9.17) is 26.4 Å². The molecule has 11 nitrogen and oxygen atoms in total. The van der Waals surface area contributed by atoms with E-state index < -0.39 is 24.6 Å². The number of rotatable bonds is 10. The fraction of sp³-hybridized carbons (Fsp3) is 0.318. The minimum Gasteiger partial charge on any atom is -0.480 e. The molecular weight excluding hydrogens is 432 g/mol. The van der Waals surface area contributed by atoms with Crippen molar-refractivity contribution in [3.8, 4) is 5.88 Å². The first kappa shape index (κ1) is 29.5. The average molecular weight is 465 g/mol. The van der Waals surface area contributed by atoms with E-state index in [0.29, 0.717) is 25.4 Å².